The zero-order valence-corrected chi connectivity index (χ0v) is 10.6. The molecule has 0 saturated carbocycles. The van der Waals surface area contributed by atoms with Crippen molar-refractivity contribution in [3.05, 3.63) is 23.8 Å². The number of amides is 1. The van der Waals surface area contributed by atoms with Crippen LogP contribution in [0.2, 0.25) is 0 Å². The molecule has 0 aliphatic carbocycles. The van der Waals surface area contributed by atoms with Crippen LogP contribution in [0.1, 0.15) is 12.5 Å². The van der Waals surface area contributed by atoms with E-state index in [-0.39, 0.29) is 18.3 Å². The first-order valence-electron chi connectivity index (χ1n) is 5.18. The number of carbonyl (C=O) groups is 1. The average molecular weight is 259 g/mol. The van der Waals surface area contributed by atoms with Gasteiger partial charge in [0.2, 0.25) is 5.91 Å². The van der Waals surface area contributed by atoms with Gasteiger partial charge in [0, 0.05) is 37.9 Å². The predicted octanol–water partition coefficient (Wildman–Crippen LogP) is 0.498. The second-order valence-corrected chi connectivity index (χ2v) is 3.62. The number of nitrogens with one attached hydrogen (secondary N) is 2. The summed E-state index contributed by atoms with van der Waals surface area (Å²) in [5.74, 6) is -0.0196. The van der Waals surface area contributed by atoms with Gasteiger partial charge in [-0.25, -0.2) is 0 Å². The third kappa shape index (κ3) is 5.99. The minimum absolute atomic E-state index is 0. The summed E-state index contributed by atoms with van der Waals surface area (Å²) in [6.45, 7) is 3.50. The van der Waals surface area contributed by atoms with Gasteiger partial charge < -0.3 is 22.1 Å². The molecule has 0 aliphatic heterocycles. The molecule has 0 fully saturated rings. The minimum atomic E-state index is -0.0196. The molecule has 1 aromatic carbocycles. The molecule has 6 heteroatoms. The van der Waals surface area contributed by atoms with Crippen molar-refractivity contribution in [3.8, 4) is 0 Å². The Kier molecular flexibility index (Phi) is 7.09. The summed E-state index contributed by atoms with van der Waals surface area (Å²) in [5, 5.41) is 5.88. The Hall–Kier alpha value is -1.46. The first kappa shape index (κ1) is 15.5. The van der Waals surface area contributed by atoms with Crippen LogP contribution in [0.25, 0.3) is 0 Å². The van der Waals surface area contributed by atoms with Crippen LogP contribution in [-0.2, 0) is 11.3 Å². The standard InChI is InChI=1S/C11H18N4O.ClH/c1-8(16)15-5-4-14-7-9-2-3-10(12)6-11(9)13;/h2-3,6,14H,4-5,7,12-13H2,1H3,(H,15,16);1H. The highest BCUT2D eigenvalue weighted by Crippen LogP contribution is 2.14. The van der Waals surface area contributed by atoms with Crippen molar-refractivity contribution < 1.29 is 4.79 Å². The van der Waals surface area contributed by atoms with Crippen LogP contribution in [0.15, 0.2) is 18.2 Å². The molecule has 17 heavy (non-hydrogen) atoms. The highest BCUT2D eigenvalue weighted by molar-refractivity contribution is 5.85. The number of halogens is 1. The average Bonchev–Trinajstić information content (AvgIpc) is 2.20. The third-order valence-corrected chi connectivity index (χ3v) is 2.16. The van der Waals surface area contributed by atoms with Crippen LogP contribution in [-0.4, -0.2) is 19.0 Å². The molecule has 96 valence electrons. The quantitative estimate of drug-likeness (QED) is 0.457. The molecular weight excluding hydrogens is 240 g/mol. The third-order valence-electron chi connectivity index (χ3n) is 2.16. The van der Waals surface area contributed by atoms with Crippen molar-refractivity contribution in [1.29, 1.82) is 0 Å². The van der Waals surface area contributed by atoms with Gasteiger partial charge in [-0.05, 0) is 17.7 Å². The van der Waals surface area contributed by atoms with E-state index in [1.54, 1.807) is 6.07 Å². The monoisotopic (exact) mass is 258 g/mol. The van der Waals surface area contributed by atoms with Gasteiger partial charge in [-0.3, -0.25) is 4.79 Å². The van der Waals surface area contributed by atoms with Crippen molar-refractivity contribution >= 4 is 29.7 Å². The second kappa shape index (κ2) is 7.76. The highest BCUT2D eigenvalue weighted by Gasteiger charge is 1.98. The smallest absolute Gasteiger partial charge is 0.216 e. The van der Waals surface area contributed by atoms with Gasteiger partial charge >= 0.3 is 0 Å². The maximum atomic E-state index is 10.6. The Morgan fingerprint density at radius 3 is 2.59 bits per heavy atom. The van der Waals surface area contributed by atoms with Gasteiger partial charge in [-0.2, -0.15) is 0 Å². The first-order chi connectivity index (χ1) is 7.59. The zero-order chi connectivity index (χ0) is 12.0. The Morgan fingerprint density at radius 2 is 2.00 bits per heavy atom. The number of hydrogen-bond donors (Lipinski definition) is 4. The zero-order valence-electron chi connectivity index (χ0n) is 9.82. The van der Waals surface area contributed by atoms with Crippen molar-refractivity contribution in [2.45, 2.75) is 13.5 Å². The van der Waals surface area contributed by atoms with Crippen LogP contribution in [0.3, 0.4) is 0 Å². The molecule has 1 aromatic rings. The predicted molar refractivity (Wildman–Crippen MR) is 72.9 cm³/mol. The fourth-order valence-corrected chi connectivity index (χ4v) is 1.32. The number of benzene rings is 1. The molecule has 0 spiro atoms. The van der Waals surface area contributed by atoms with Crippen LogP contribution in [0.5, 0.6) is 0 Å². The number of carbonyl (C=O) groups excluding carboxylic acids is 1. The number of rotatable bonds is 5. The Labute approximate surface area is 107 Å². The molecule has 1 amide bonds. The molecule has 1 rings (SSSR count). The lowest BCUT2D eigenvalue weighted by Gasteiger charge is -2.08. The lowest BCUT2D eigenvalue weighted by atomic mass is 10.1. The van der Waals surface area contributed by atoms with E-state index in [2.05, 4.69) is 10.6 Å². The van der Waals surface area contributed by atoms with E-state index in [9.17, 15) is 4.79 Å². The van der Waals surface area contributed by atoms with Crippen molar-refractivity contribution in [3.63, 3.8) is 0 Å². The van der Waals surface area contributed by atoms with E-state index in [1.165, 1.54) is 6.92 Å². The number of nitrogens with two attached hydrogens (primary N) is 2. The molecule has 0 aliphatic rings. The van der Waals surface area contributed by atoms with Crippen molar-refractivity contribution in [1.82, 2.24) is 10.6 Å². The summed E-state index contributed by atoms with van der Waals surface area (Å²) in [4.78, 5) is 10.6. The lowest BCUT2D eigenvalue weighted by Crippen LogP contribution is -2.30. The molecule has 6 N–H and O–H groups in total. The SMILES string of the molecule is CC(=O)NCCNCc1ccc(N)cc1N.Cl. The second-order valence-electron chi connectivity index (χ2n) is 3.62. The highest BCUT2D eigenvalue weighted by atomic mass is 35.5. The van der Waals surface area contributed by atoms with E-state index >= 15 is 0 Å². The van der Waals surface area contributed by atoms with Crippen LogP contribution >= 0.6 is 12.4 Å². The summed E-state index contributed by atoms with van der Waals surface area (Å²) in [6.07, 6.45) is 0. The first-order valence-corrected chi connectivity index (χ1v) is 5.18. The molecule has 0 atom stereocenters. The van der Waals surface area contributed by atoms with Crippen molar-refractivity contribution in [2.75, 3.05) is 24.6 Å². The maximum Gasteiger partial charge on any atom is 0.216 e. The molecular formula is C11H19ClN4O. The van der Waals surface area contributed by atoms with E-state index in [0.717, 1.165) is 5.56 Å². The number of anilines is 2. The molecule has 0 heterocycles. The Morgan fingerprint density at radius 1 is 1.29 bits per heavy atom. The van der Waals surface area contributed by atoms with Gasteiger partial charge in [0.25, 0.3) is 0 Å². The fourth-order valence-electron chi connectivity index (χ4n) is 1.32. The van der Waals surface area contributed by atoms with Crippen LogP contribution in [0.4, 0.5) is 11.4 Å². The summed E-state index contributed by atoms with van der Waals surface area (Å²) in [5.41, 5.74) is 13.7. The summed E-state index contributed by atoms with van der Waals surface area (Å²) < 4.78 is 0. The minimum Gasteiger partial charge on any atom is -0.399 e. The molecule has 0 radical (unpaired) electrons. The summed E-state index contributed by atoms with van der Waals surface area (Å²) in [7, 11) is 0. The van der Waals surface area contributed by atoms with Gasteiger partial charge in [0.05, 0.1) is 0 Å². The molecule has 0 aromatic heterocycles. The number of hydrogen-bond acceptors (Lipinski definition) is 4. The van der Waals surface area contributed by atoms with E-state index in [0.29, 0.717) is 31.0 Å². The van der Waals surface area contributed by atoms with Gasteiger partial charge in [0.15, 0.2) is 0 Å². The van der Waals surface area contributed by atoms with E-state index < -0.39 is 0 Å². The summed E-state index contributed by atoms with van der Waals surface area (Å²) >= 11 is 0. The number of nitrogen functional groups attached to an aromatic ring is 2. The Bertz CT molecular complexity index is 370. The van der Waals surface area contributed by atoms with Crippen molar-refractivity contribution in [2.24, 2.45) is 0 Å². The topological polar surface area (TPSA) is 93.2 Å². The largest absolute Gasteiger partial charge is 0.399 e. The van der Waals surface area contributed by atoms with Crippen LogP contribution < -0.4 is 22.1 Å². The maximum absolute atomic E-state index is 10.6. The fraction of sp³-hybridized carbons (Fsp3) is 0.364. The molecule has 0 saturated heterocycles. The lowest BCUT2D eigenvalue weighted by molar-refractivity contribution is -0.118. The van der Waals surface area contributed by atoms with Gasteiger partial charge in [-0.15, -0.1) is 12.4 Å². The van der Waals surface area contributed by atoms with Gasteiger partial charge in [0.1, 0.15) is 0 Å². The molecule has 0 unspecified atom stereocenters. The Balaban J connectivity index is 0.00000256. The van der Waals surface area contributed by atoms with Gasteiger partial charge in [-0.1, -0.05) is 6.07 Å². The molecule has 5 nitrogen and oxygen atoms in total. The molecule has 0 bridgehead atoms. The summed E-state index contributed by atoms with van der Waals surface area (Å²) in [6, 6.07) is 5.46. The normalized spacial score (nSPS) is 9.47. The van der Waals surface area contributed by atoms with E-state index in [1.807, 2.05) is 12.1 Å². The van der Waals surface area contributed by atoms with Crippen LogP contribution in [0, 0.1) is 0 Å². The van der Waals surface area contributed by atoms with E-state index in [4.69, 9.17) is 11.5 Å².